The number of carbonyl (C=O) groups is 2. The molecule has 8 nitrogen and oxygen atoms in total. The van der Waals surface area contributed by atoms with Gasteiger partial charge in [-0.15, -0.1) is 0 Å². The fraction of sp³-hybridized carbons (Fsp3) is 0.500. The molecule has 3 heterocycles. The molecule has 160 valence electrons. The summed E-state index contributed by atoms with van der Waals surface area (Å²) < 4.78 is 18.0. The van der Waals surface area contributed by atoms with Crippen molar-refractivity contribution in [3.8, 4) is 11.5 Å². The van der Waals surface area contributed by atoms with Crippen LogP contribution < -0.4 is 9.47 Å². The van der Waals surface area contributed by atoms with E-state index in [-0.39, 0.29) is 17.7 Å². The molecule has 4 rings (SSSR count). The average Bonchev–Trinajstić information content (AvgIpc) is 3.13. The third kappa shape index (κ3) is 4.33. The number of likely N-dealkylation sites (tertiary alicyclic amines) is 1. The first-order valence-corrected chi connectivity index (χ1v) is 10.4. The van der Waals surface area contributed by atoms with Crippen LogP contribution in [0.3, 0.4) is 0 Å². The Bertz CT molecular complexity index is 931. The van der Waals surface area contributed by atoms with Crippen LogP contribution in [0.5, 0.6) is 11.5 Å². The predicted molar refractivity (Wildman–Crippen MR) is 109 cm³/mol. The Balaban J connectivity index is 1.33. The molecule has 0 unspecified atom stereocenters. The lowest BCUT2D eigenvalue weighted by molar-refractivity contribution is 0.0524. The normalized spacial score (nSPS) is 17.0. The van der Waals surface area contributed by atoms with Crippen LogP contribution in [0, 0.1) is 12.8 Å². The van der Waals surface area contributed by atoms with Crippen molar-refractivity contribution in [2.24, 2.45) is 5.92 Å². The molecule has 0 radical (unpaired) electrons. The quantitative estimate of drug-likeness (QED) is 0.532. The number of benzene rings is 1. The standard InChI is InChI=1S/C22H27N3O5/c1-3-28-22(27)18-13-25(23-15(18)2)14-24-8-6-16(7-9-24)21(26)17-4-5-19-20(12-17)30-11-10-29-19/h4-5,12-13,16H,3,6-11,14H2,1-2H3. The van der Waals surface area contributed by atoms with E-state index in [0.29, 0.717) is 54.8 Å². The highest BCUT2D eigenvalue weighted by molar-refractivity contribution is 5.98. The zero-order valence-electron chi connectivity index (χ0n) is 17.4. The van der Waals surface area contributed by atoms with Gasteiger partial charge < -0.3 is 14.2 Å². The number of ether oxygens (including phenoxy) is 3. The summed E-state index contributed by atoms with van der Waals surface area (Å²) in [5, 5.41) is 4.43. The van der Waals surface area contributed by atoms with Gasteiger partial charge in [-0.25, -0.2) is 4.79 Å². The summed E-state index contributed by atoms with van der Waals surface area (Å²) in [7, 11) is 0. The molecule has 0 aliphatic carbocycles. The highest BCUT2D eigenvalue weighted by atomic mass is 16.6. The Labute approximate surface area is 175 Å². The second-order valence-corrected chi connectivity index (χ2v) is 7.64. The fourth-order valence-electron chi connectivity index (χ4n) is 3.97. The molecule has 2 aromatic rings. The highest BCUT2D eigenvalue weighted by Gasteiger charge is 2.27. The zero-order chi connectivity index (χ0) is 21.1. The van der Waals surface area contributed by atoms with Crippen molar-refractivity contribution in [1.82, 2.24) is 14.7 Å². The van der Waals surface area contributed by atoms with Gasteiger partial charge in [-0.1, -0.05) is 0 Å². The number of aryl methyl sites for hydroxylation is 1. The number of hydrogen-bond donors (Lipinski definition) is 0. The van der Waals surface area contributed by atoms with Gasteiger partial charge >= 0.3 is 5.97 Å². The van der Waals surface area contributed by atoms with Crippen molar-refractivity contribution in [2.75, 3.05) is 32.9 Å². The predicted octanol–water partition coefficient (Wildman–Crippen LogP) is 2.69. The Hall–Kier alpha value is -2.87. The lowest BCUT2D eigenvalue weighted by Gasteiger charge is -2.31. The molecule has 8 heteroatoms. The second-order valence-electron chi connectivity index (χ2n) is 7.64. The lowest BCUT2D eigenvalue weighted by atomic mass is 9.89. The minimum Gasteiger partial charge on any atom is -0.486 e. The van der Waals surface area contributed by atoms with Crippen LogP contribution in [-0.2, 0) is 11.4 Å². The third-order valence-electron chi connectivity index (χ3n) is 5.57. The molecule has 1 saturated heterocycles. The molecule has 2 aliphatic heterocycles. The number of Topliss-reactive ketones (excluding diaryl/α,β-unsaturated/α-hetero) is 1. The molecule has 0 atom stereocenters. The van der Waals surface area contributed by atoms with Crippen LogP contribution in [-0.4, -0.2) is 59.3 Å². The largest absolute Gasteiger partial charge is 0.486 e. The number of esters is 1. The van der Waals surface area contributed by atoms with E-state index in [4.69, 9.17) is 14.2 Å². The van der Waals surface area contributed by atoms with Crippen molar-refractivity contribution in [1.29, 1.82) is 0 Å². The maximum atomic E-state index is 13.0. The van der Waals surface area contributed by atoms with E-state index in [0.717, 1.165) is 25.9 Å². The first-order valence-electron chi connectivity index (χ1n) is 10.4. The monoisotopic (exact) mass is 413 g/mol. The van der Waals surface area contributed by atoms with Crippen LogP contribution in [0.4, 0.5) is 0 Å². The first kappa shape index (κ1) is 20.4. The number of nitrogens with zero attached hydrogens (tertiary/aromatic N) is 3. The molecule has 0 N–H and O–H groups in total. The number of carbonyl (C=O) groups excluding carboxylic acids is 2. The number of ketones is 1. The van der Waals surface area contributed by atoms with E-state index in [1.54, 1.807) is 30.8 Å². The minimum atomic E-state index is -0.343. The second kappa shape index (κ2) is 8.87. The SMILES string of the molecule is CCOC(=O)c1cn(CN2CCC(C(=O)c3ccc4c(c3)OCCO4)CC2)nc1C. The molecule has 2 aliphatic rings. The smallest absolute Gasteiger partial charge is 0.341 e. The Morgan fingerprint density at radius 1 is 1.17 bits per heavy atom. The van der Waals surface area contributed by atoms with Gasteiger partial charge in [-0.3, -0.25) is 14.4 Å². The fourth-order valence-corrected chi connectivity index (χ4v) is 3.97. The van der Waals surface area contributed by atoms with Gasteiger partial charge in [0, 0.05) is 30.8 Å². The summed E-state index contributed by atoms with van der Waals surface area (Å²) in [6.07, 6.45) is 3.32. The van der Waals surface area contributed by atoms with Crippen molar-refractivity contribution >= 4 is 11.8 Å². The number of rotatable bonds is 6. The van der Waals surface area contributed by atoms with E-state index < -0.39 is 0 Å². The average molecular weight is 413 g/mol. The van der Waals surface area contributed by atoms with Crippen LogP contribution in [0.15, 0.2) is 24.4 Å². The van der Waals surface area contributed by atoms with Gasteiger partial charge in [0.1, 0.15) is 18.8 Å². The van der Waals surface area contributed by atoms with Gasteiger partial charge in [0.25, 0.3) is 0 Å². The van der Waals surface area contributed by atoms with E-state index in [2.05, 4.69) is 10.00 Å². The summed E-state index contributed by atoms with van der Waals surface area (Å²) >= 11 is 0. The van der Waals surface area contributed by atoms with E-state index in [1.807, 2.05) is 12.1 Å². The van der Waals surface area contributed by atoms with Gasteiger partial charge in [0.05, 0.1) is 19.0 Å². The minimum absolute atomic E-state index is 0.00161. The van der Waals surface area contributed by atoms with Crippen molar-refractivity contribution < 1.29 is 23.8 Å². The molecule has 0 bridgehead atoms. The van der Waals surface area contributed by atoms with Crippen LogP contribution in [0.25, 0.3) is 0 Å². The van der Waals surface area contributed by atoms with Crippen molar-refractivity contribution in [3.05, 3.63) is 41.2 Å². The molecule has 1 aromatic carbocycles. The summed E-state index contributed by atoms with van der Waals surface area (Å²) in [5.74, 6) is 1.16. The Morgan fingerprint density at radius 2 is 1.90 bits per heavy atom. The summed E-state index contributed by atoms with van der Waals surface area (Å²) in [4.78, 5) is 27.2. The molecule has 1 aromatic heterocycles. The van der Waals surface area contributed by atoms with Crippen LogP contribution in [0.2, 0.25) is 0 Å². The molecule has 0 saturated carbocycles. The summed E-state index contributed by atoms with van der Waals surface area (Å²) in [5.41, 5.74) is 1.84. The molecule has 0 amide bonds. The van der Waals surface area contributed by atoms with E-state index in [9.17, 15) is 9.59 Å². The van der Waals surface area contributed by atoms with Gasteiger partial charge in [0.15, 0.2) is 17.3 Å². The number of piperidine rings is 1. The van der Waals surface area contributed by atoms with Crippen molar-refractivity contribution in [2.45, 2.75) is 33.4 Å². The molecule has 30 heavy (non-hydrogen) atoms. The molecular weight excluding hydrogens is 386 g/mol. The molecular formula is C22H27N3O5. The summed E-state index contributed by atoms with van der Waals surface area (Å²) in [6.45, 7) is 7.17. The molecule has 1 fully saturated rings. The van der Waals surface area contributed by atoms with Crippen molar-refractivity contribution in [3.63, 3.8) is 0 Å². The number of hydrogen-bond acceptors (Lipinski definition) is 7. The number of fused-ring (bicyclic) bond motifs is 1. The Morgan fingerprint density at radius 3 is 2.63 bits per heavy atom. The Kier molecular flexibility index (Phi) is 6.03. The maximum Gasteiger partial charge on any atom is 0.341 e. The maximum absolute atomic E-state index is 13.0. The van der Waals surface area contributed by atoms with Crippen LogP contribution >= 0.6 is 0 Å². The van der Waals surface area contributed by atoms with E-state index in [1.165, 1.54) is 0 Å². The highest BCUT2D eigenvalue weighted by Crippen LogP contribution is 2.32. The van der Waals surface area contributed by atoms with Crippen LogP contribution in [0.1, 0.15) is 46.2 Å². The third-order valence-corrected chi connectivity index (χ3v) is 5.57. The number of aromatic nitrogens is 2. The van der Waals surface area contributed by atoms with Gasteiger partial charge in [-0.2, -0.15) is 5.10 Å². The topological polar surface area (TPSA) is 82.9 Å². The van der Waals surface area contributed by atoms with E-state index >= 15 is 0 Å². The lowest BCUT2D eigenvalue weighted by Crippen LogP contribution is -2.37. The van der Waals surface area contributed by atoms with Gasteiger partial charge in [0.2, 0.25) is 0 Å². The molecule has 0 spiro atoms. The zero-order valence-corrected chi connectivity index (χ0v) is 17.4. The summed E-state index contributed by atoms with van der Waals surface area (Å²) in [6, 6.07) is 5.44. The van der Waals surface area contributed by atoms with Gasteiger partial charge in [-0.05, 0) is 44.9 Å². The first-order chi connectivity index (χ1) is 14.5.